The average molecular weight is 301 g/mol. The zero-order chi connectivity index (χ0) is 14.6. The summed E-state index contributed by atoms with van der Waals surface area (Å²) in [4.78, 5) is 4.14. The summed E-state index contributed by atoms with van der Waals surface area (Å²) in [6.45, 7) is 1.87. The molecule has 1 aromatic heterocycles. The van der Waals surface area contributed by atoms with Gasteiger partial charge in [0.1, 0.15) is 5.75 Å². The fraction of sp³-hybridized carbons (Fsp3) is 0.167. The van der Waals surface area contributed by atoms with Crippen molar-refractivity contribution < 1.29 is 17.9 Å². The van der Waals surface area contributed by atoms with Crippen LogP contribution in [0.3, 0.4) is 0 Å². The van der Waals surface area contributed by atoms with Crippen molar-refractivity contribution in [1.82, 2.24) is 4.98 Å². The van der Waals surface area contributed by atoms with Gasteiger partial charge in [0.05, 0.1) is 11.9 Å². The van der Waals surface area contributed by atoms with Gasteiger partial charge in [0.2, 0.25) is 5.13 Å². The molecule has 1 heterocycles. The lowest BCUT2D eigenvalue weighted by Gasteiger charge is -2.08. The van der Waals surface area contributed by atoms with E-state index in [9.17, 15) is 13.2 Å². The molecule has 2 rings (SSSR count). The summed E-state index contributed by atoms with van der Waals surface area (Å²) >= 11 is 1.41. The Morgan fingerprint density at radius 2 is 2.00 bits per heavy atom. The molecule has 1 aromatic carbocycles. The second-order valence-corrected chi connectivity index (χ2v) is 4.64. The zero-order valence-corrected chi connectivity index (χ0v) is 11.1. The molecule has 2 aromatic rings. The molecule has 106 valence electrons. The highest BCUT2D eigenvalue weighted by molar-refractivity contribution is 7.13. The Morgan fingerprint density at radius 1 is 1.30 bits per heavy atom. The average Bonchev–Trinajstić information content (AvgIpc) is 2.75. The number of halogens is 3. The number of rotatable bonds is 4. The number of anilines is 1. The summed E-state index contributed by atoms with van der Waals surface area (Å²) < 4.78 is 39.7. The van der Waals surface area contributed by atoms with Gasteiger partial charge >= 0.3 is 6.36 Å². The van der Waals surface area contributed by atoms with Gasteiger partial charge in [0.25, 0.3) is 0 Å². The van der Waals surface area contributed by atoms with E-state index in [2.05, 4.69) is 20.2 Å². The van der Waals surface area contributed by atoms with Crippen LogP contribution in [0, 0.1) is 6.92 Å². The van der Waals surface area contributed by atoms with Crippen molar-refractivity contribution in [3.63, 3.8) is 0 Å². The molecule has 8 heteroatoms. The lowest BCUT2D eigenvalue weighted by Crippen LogP contribution is -2.17. The largest absolute Gasteiger partial charge is 0.573 e. The van der Waals surface area contributed by atoms with E-state index in [0.29, 0.717) is 10.7 Å². The van der Waals surface area contributed by atoms with Crippen molar-refractivity contribution in [2.24, 2.45) is 5.10 Å². The summed E-state index contributed by atoms with van der Waals surface area (Å²) in [5.74, 6) is -0.266. The fourth-order valence-corrected chi connectivity index (χ4v) is 1.96. The summed E-state index contributed by atoms with van der Waals surface area (Å²) in [5.41, 5.74) is 4.26. The number of ether oxygens (including phenoxy) is 1. The standard InChI is InChI=1S/C12H10F3N3OS/c1-8-7-20-11(17-8)18-16-6-9-2-4-10(5-3-9)19-12(13,14)15/h2-7H,1H3,(H,17,18). The van der Waals surface area contributed by atoms with Gasteiger partial charge in [-0.25, -0.2) is 4.98 Å². The number of hydrazone groups is 1. The molecule has 0 aliphatic rings. The Balaban J connectivity index is 1.93. The maximum absolute atomic E-state index is 12.0. The number of aryl methyl sites for hydroxylation is 1. The molecule has 0 saturated heterocycles. The van der Waals surface area contributed by atoms with Crippen LogP contribution >= 0.6 is 11.3 Å². The molecule has 0 unspecified atom stereocenters. The van der Waals surface area contributed by atoms with Crippen LogP contribution in [-0.2, 0) is 0 Å². The van der Waals surface area contributed by atoms with E-state index in [1.54, 1.807) is 0 Å². The van der Waals surface area contributed by atoms with E-state index in [-0.39, 0.29) is 5.75 Å². The van der Waals surface area contributed by atoms with Crippen molar-refractivity contribution in [2.45, 2.75) is 13.3 Å². The third kappa shape index (κ3) is 4.54. The molecule has 0 radical (unpaired) electrons. The number of benzene rings is 1. The SMILES string of the molecule is Cc1csc(NN=Cc2ccc(OC(F)(F)F)cc2)n1. The Hall–Kier alpha value is -2.09. The molecule has 0 aliphatic carbocycles. The monoisotopic (exact) mass is 301 g/mol. The highest BCUT2D eigenvalue weighted by Crippen LogP contribution is 2.22. The van der Waals surface area contributed by atoms with Crippen molar-refractivity contribution in [3.8, 4) is 5.75 Å². The topological polar surface area (TPSA) is 46.5 Å². The van der Waals surface area contributed by atoms with Crippen LogP contribution in [0.2, 0.25) is 0 Å². The second kappa shape index (κ2) is 5.91. The molecule has 0 bridgehead atoms. The van der Waals surface area contributed by atoms with E-state index in [1.165, 1.54) is 41.8 Å². The minimum Gasteiger partial charge on any atom is -0.406 e. The number of hydrogen-bond donors (Lipinski definition) is 1. The van der Waals surface area contributed by atoms with Crippen LogP contribution in [0.1, 0.15) is 11.3 Å². The third-order valence-corrected chi connectivity index (χ3v) is 2.97. The molecular formula is C12H10F3N3OS. The molecule has 0 spiro atoms. The predicted molar refractivity (Wildman–Crippen MR) is 71.2 cm³/mol. The molecule has 0 amide bonds. The number of hydrogen-bond acceptors (Lipinski definition) is 5. The van der Waals surface area contributed by atoms with Crippen molar-refractivity contribution in [2.75, 3.05) is 5.43 Å². The first-order valence-corrected chi connectivity index (χ1v) is 6.37. The zero-order valence-electron chi connectivity index (χ0n) is 10.3. The first-order chi connectivity index (χ1) is 9.42. The third-order valence-electron chi connectivity index (χ3n) is 2.11. The minimum atomic E-state index is -4.68. The molecular weight excluding hydrogens is 291 g/mol. The lowest BCUT2D eigenvalue weighted by molar-refractivity contribution is -0.274. The van der Waals surface area contributed by atoms with E-state index in [0.717, 1.165) is 5.69 Å². The van der Waals surface area contributed by atoms with Crippen molar-refractivity contribution in [1.29, 1.82) is 0 Å². The first kappa shape index (κ1) is 14.3. The predicted octanol–water partition coefficient (Wildman–Crippen LogP) is 3.80. The van der Waals surface area contributed by atoms with Crippen LogP contribution in [0.25, 0.3) is 0 Å². The number of nitrogens with one attached hydrogen (secondary N) is 1. The van der Waals surface area contributed by atoms with Crippen LogP contribution in [0.5, 0.6) is 5.75 Å². The van der Waals surface area contributed by atoms with E-state index in [1.807, 2.05) is 12.3 Å². The summed E-state index contributed by atoms with van der Waals surface area (Å²) in [6.07, 6.45) is -3.20. The van der Waals surface area contributed by atoms with E-state index >= 15 is 0 Å². The van der Waals surface area contributed by atoms with Crippen molar-refractivity contribution in [3.05, 3.63) is 40.9 Å². The Labute approximate surface area is 116 Å². The lowest BCUT2D eigenvalue weighted by atomic mass is 10.2. The van der Waals surface area contributed by atoms with Gasteiger partial charge in [-0.05, 0) is 36.8 Å². The minimum absolute atomic E-state index is 0.266. The number of thiazole rings is 1. The molecule has 1 N–H and O–H groups in total. The summed E-state index contributed by atoms with van der Waals surface area (Å²) in [5, 5.41) is 6.46. The Morgan fingerprint density at radius 3 is 2.55 bits per heavy atom. The van der Waals surface area contributed by atoms with Crippen LogP contribution in [0.15, 0.2) is 34.7 Å². The van der Waals surface area contributed by atoms with Gasteiger partial charge in [-0.2, -0.15) is 5.10 Å². The maximum Gasteiger partial charge on any atom is 0.573 e. The van der Waals surface area contributed by atoms with Crippen molar-refractivity contribution >= 4 is 22.7 Å². The highest BCUT2D eigenvalue weighted by Gasteiger charge is 2.30. The van der Waals surface area contributed by atoms with Gasteiger partial charge in [-0.1, -0.05) is 0 Å². The van der Waals surface area contributed by atoms with E-state index < -0.39 is 6.36 Å². The fourth-order valence-electron chi connectivity index (χ4n) is 1.32. The van der Waals surface area contributed by atoms with Gasteiger partial charge in [-0.3, -0.25) is 5.43 Å². The van der Waals surface area contributed by atoms with Gasteiger partial charge in [-0.15, -0.1) is 24.5 Å². The number of nitrogens with zero attached hydrogens (tertiary/aromatic N) is 2. The summed E-state index contributed by atoms with van der Waals surface area (Å²) in [7, 11) is 0. The van der Waals surface area contributed by atoms with Gasteiger partial charge in [0.15, 0.2) is 0 Å². The van der Waals surface area contributed by atoms with E-state index in [4.69, 9.17) is 0 Å². The maximum atomic E-state index is 12.0. The number of alkyl halides is 3. The van der Waals surface area contributed by atoms with Gasteiger partial charge < -0.3 is 4.74 Å². The van der Waals surface area contributed by atoms with Crippen LogP contribution in [0.4, 0.5) is 18.3 Å². The highest BCUT2D eigenvalue weighted by atomic mass is 32.1. The first-order valence-electron chi connectivity index (χ1n) is 5.49. The second-order valence-electron chi connectivity index (χ2n) is 3.78. The smallest absolute Gasteiger partial charge is 0.406 e. The van der Waals surface area contributed by atoms with Crippen LogP contribution < -0.4 is 10.2 Å². The molecule has 20 heavy (non-hydrogen) atoms. The number of aromatic nitrogens is 1. The summed E-state index contributed by atoms with van der Waals surface area (Å²) in [6, 6.07) is 5.39. The molecule has 0 atom stereocenters. The van der Waals surface area contributed by atoms with Crippen LogP contribution in [-0.4, -0.2) is 17.6 Å². The molecule has 0 fully saturated rings. The normalized spacial score (nSPS) is 11.8. The molecule has 0 saturated carbocycles. The Kier molecular flexibility index (Phi) is 4.23. The molecule has 0 aliphatic heterocycles. The van der Waals surface area contributed by atoms with Gasteiger partial charge in [0, 0.05) is 5.38 Å². The quantitative estimate of drug-likeness (QED) is 0.690. The molecule has 4 nitrogen and oxygen atoms in total. The Bertz CT molecular complexity index is 593.